The molecule has 0 aliphatic heterocycles. The van der Waals surface area contributed by atoms with Gasteiger partial charge < -0.3 is 30.5 Å². The van der Waals surface area contributed by atoms with Gasteiger partial charge in [-0.1, -0.05) is 6.07 Å². The van der Waals surface area contributed by atoms with Crippen LogP contribution < -0.4 is 26.2 Å². The molecule has 0 saturated heterocycles. The topological polar surface area (TPSA) is 122 Å². The SMILES string of the molecule is COc1cc(C(=O)NCc2ccc3[nH]c(=O)[nH]c3c2)ccc1OCCN. The second kappa shape index (κ2) is 7.75. The summed E-state index contributed by atoms with van der Waals surface area (Å²) in [6.45, 7) is 1.09. The molecule has 0 bridgehead atoms. The number of aromatic amines is 2. The molecule has 0 spiro atoms. The third-order valence-electron chi connectivity index (χ3n) is 3.83. The van der Waals surface area contributed by atoms with Gasteiger partial charge in [-0.25, -0.2) is 4.79 Å². The molecule has 0 aliphatic carbocycles. The molecule has 26 heavy (non-hydrogen) atoms. The molecule has 5 N–H and O–H groups in total. The first kappa shape index (κ1) is 17.6. The number of fused-ring (bicyclic) bond motifs is 1. The van der Waals surface area contributed by atoms with Crippen LogP contribution in [0.25, 0.3) is 11.0 Å². The number of hydrogen-bond donors (Lipinski definition) is 4. The minimum atomic E-state index is -0.259. The molecule has 0 aliphatic rings. The predicted molar refractivity (Wildman–Crippen MR) is 97.6 cm³/mol. The number of methoxy groups -OCH3 is 1. The van der Waals surface area contributed by atoms with Crippen molar-refractivity contribution in [2.45, 2.75) is 6.54 Å². The Morgan fingerprint density at radius 2 is 1.92 bits per heavy atom. The highest BCUT2D eigenvalue weighted by atomic mass is 16.5. The summed E-state index contributed by atoms with van der Waals surface area (Å²) in [6.07, 6.45) is 0. The summed E-state index contributed by atoms with van der Waals surface area (Å²) in [6, 6.07) is 10.4. The number of benzene rings is 2. The van der Waals surface area contributed by atoms with Gasteiger partial charge in [0.15, 0.2) is 11.5 Å². The van der Waals surface area contributed by atoms with E-state index in [0.717, 1.165) is 11.1 Å². The van der Waals surface area contributed by atoms with Crippen LogP contribution in [0.5, 0.6) is 11.5 Å². The van der Waals surface area contributed by atoms with Crippen LogP contribution in [0.4, 0.5) is 0 Å². The Balaban J connectivity index is 1.69. The number of nitrogens with two attached hydrogens (primary N) is 1. The number of hydrogen-bond acceptors (Lipinski definition) is 5. The van der Waals surface area contributed by atoms with Gasteiger partial charge in [-0.15, -0.1) is 0 Å². The van der Waals surface area contributed by atoms with Crippen LogP contribution in [0, 0.1) is 0 Å². The van der Waals surface area contributed by atoms with E-state index < -0.39 is 0 Å². The standard InChI is InChI=1S/C18H20N4O4/c1-25-16-9-12(3-5-15(16)26-7-6-19)17(23)20-10-11-2-4-13-14(8-11)22-18(24)21-13/h2-5,8-9H,6-7,10,19H2,1H3,(H,20,23)(H2,21,22,24). The van der Waals surface area contributed by atoms with E-state index in [1.165, 1.54) is 7.11 Å². The molecule has 136 valence electrons. The molecule has 0 fully saturated rings. The van der Waals surface area contributed by atoms with Crippen LogP contribution in [0.1, 0.15) is 15.9 Å². The van der Waals surface area contributed by atoms with E-state index >= 15 is 0 Å². The van der Waals surface area contributed by atoms with Crippen LogP contribution in [0.3, 0.4) is 0 Å². The number of aromatic nitrogens is 2. The molecular weight excluding hydrogens is 336 g/mol. The van der Waals surface area contributed by atoms with Crippen molar-refractivity contribution in [3.05, 3.63) is 58.0 Å². The largest absolute Gasteiger partial charge is 0.493 e. The molecule has 1 aromatic heterocycles. The second-order valence-electron chi connectivity index (χ2n) is 5.64. The number of carbonyl (C=O) groups is 1. The number of H-pyrrole nitrogens is 2. The zero-order valence-corrected chi connectivity index (χ0v) is 14.3. The summed E-state index contributed by atoms with van der Waals surface area (Å²) in [5, 5.41) is 2.84. The van der Waals surface area contributed by atoms with E-state index in [2.05, 4.69) is 15.3 Å². The van der Waals surface area contributed by atoms with E-state index in [1.807, 2.05) is 12.1 Å². The van der Waals surface area contributed by atoms with Gasteiger partial charge >= 0.3 is 5.69 Å². The summed E-state index contributed by atoms with van der Waals surface area (Å²) in [5.74, 6) is 0.769. The number of ether oxygens (including phenoxy) is 2. The summed E-state index contributed by atoms with van der Waals surface area (Å²) in [7, 11) is 1.51. The Bertz CT molecular complexity index is 977. The predicted octanol–water partition coefficient (Wildman–Crippen LogP) is 1.13. The zero-order valence-electron chi connectivity index (χ0n) is 14.3. The van der Waals surface area contributed by atoms with Gasteiger partial charge in [0.25, 0.3) is 5.91 Å². The van der Waals surface area contributed by atoms with Crippen molar-refractivity contribution in [1.82, 2.24) is 15.3 Å². The molecule has 0 saturated carbocycles. The second-order valence-corrected chi connectivity index (χ2v) is 5.64. The molecule has 0 unspecified atom stereocenters. The van der Waals surface area contributed by atoms with E-state index in [4.69, 9.17) is 15.2 Å². The average molecular weight is 356 g/mol. The Morgan fingerprint density at radius 3 is 2.69 bits per heavy atom. The summed E-state index contributed by atoms with van der Waals surface area (Å²) in [4.78, 5) is 29.1. The third-order valence-corrected chi connectivity index (χ3v) is 3.83. The van der Waals surface area contributed by atoms with Crippen molar-refractivity contribution >= 4 is 16.9 Å². The normalized spacial score (nSPS) is 10.7. The lowest BCUT2D eigenvalue weighted by Gasteiger charge is -2.12. The molecule has 3 aromatic rings. The lowest BCUT2D eigenvalue weighted by atomic mass is 10.1. The number of carbonyl (C=O) groups excluding carboxylic acids is 1. The van der Waals surface area contributed by atoms with Crippen molar-refractivity contribution in [2.24, 2.45) is 5.73 Å². The molecule has 0 radical (unpaired) electrons. The van der Waals surface area contributed by atoms with Gasteiger partial charge in [0.05, 0.1) is 18.1 Å². The lowest BCUT2D eigenvalue weighted by molar-refractivity contribution is 0.0950. The van der Waals surface area contributed by atoms with Gasteiger partial charge in [-0.2, -0.15) is 0 Å². The van der Waals surface area contributed by atoms with Crippen LogP contribution in [0.15, 0.2) is 41.2 Å². The van der Waals surface area contributed by atoms with Gasteiger partial charge in [-0.3, -0.25) is 4.79 Å². The van der Waals surface area contributed by atoms with E-state index in [9.17, 15) is 9.59 Å². The highest BCUT2D eigenvalue weighted by Gasteiger charge is 2.11. The molecular formula is C18H20N4O4. The molecule has 8 nitrogen and oxygen atoms in total. The van der Waals surface area contributed by atoms with Crippen LogP contribution in [-0.2, 0) is 6.54 Å². The average Bonchev–Trinajstić information content (AvgIpc) is 3.03. The number of nitrogens with one attached hydrogen (secondary N) is 3. The van der Waals surface area contributed by atoms with Crippen molar-refractivity contribution < 1.29 is 14.3 Å². The molecule has 8 heteroatoms. The highest BCUT2D eigenvalue weighted by molar-refractivity contribution is 5.94. The molecule has 1 heterocycles. The fourth-order valence-corrected chi connectivity index (χ4v) is 2.57. The maximum absolute atomic E-state index is 12.4. The summed E-state index contributed by atoms with van der Waals surface area (Å²) < 4.78 is 10.7. The summed E-state index contributed by atoms with van der Waals surface area (Å²) >= 11 is 0. The Hall–Kier alpha value is -3.26. The maximum atomic E-state index is 12.4. The maximum Gasteiger partial charge on any atom is 0.323 e. The van der Waals surface area contributed by atoms with E-state index in [-0.39, 0.29) is 11.6 Å². The summed E-state index contributed by atoms with van der Waals surface area (Å²) in [5.41, 5.74) is 7.92. The number of amides is 1. The molecule has 2 aromatic carbocycles. The van der Waals surface area contributed by atoms with Crippen molar-refractivity contribution in [2.75, 3.05) is 20.3 Å². The highest BCUT2D eigenvalue weighted by Crippen LogP contribution is 2.28. The van der Waals surface area contributed by atoms with Gasteiger partial charge in [0, 0.05) is 18.7 Å². The zero-order chi connectivity index (χ0) is 18.5. The monoisotopic (exact) mass is 356 g/mol. The fraction of sp³-hybridized carbons (Fsp3) is 0.222. The van der Waals surface area contributed by atoms with Crippen molar-refractivity contribution in [3.63, 3.8) is 0 Å². The first-order chi connectivity index (χ1) is 12.6. The minimum absolute atomic E-state index is 0.240. The third kappa shape index (κ3) is 3.86. The van der Waals surface area contributed by atoms with Gasteiger partial charge in [0.2, 0.25) is 0 Å². The first-order valence-electron chi connectivity index (χ1n) is 8.10. The van der Waals surface area contributed by atoms with Gasteiger partial charge in [0.1, 0.15) is 6.61 Å². The van der Waals surface area contributed by atoms with E-state index in [0.29, 0.717) is 42.3 Å². The van der Waals surface area contributed by atoms with Crippen molar-refractivity contribution in [1.29, 1.82) is 0 Å². The number of rotatable bonds is 7. The Kier molecular flexibility index (Phi) is 5.23. The number of imidazole rings is 1. The first-order valence-corrected chi connectivity index (χ1v) is 8.10. The van der Waals surface area contributed by atoms with Crippen LogP contribution >= 0.6 is 0 Å². The van der Waals surface area contributed by atoms with Crippen LogP contribution in [-0.4, -0.2) is 36.1 Å². The fourth-order valence-electron chi connectivity index (χ4n) is 2.57. The molecule has 1 amide bonds. The lowest BCUT2D eigenvalue weighted by Crippen LogP contribution is -2.22. The van der Waals surface area contributed by atoms with Gasteiger partial charge in [-0.05, 0) is 35.9 Å². The minimum Gasteiger partial charge on any atom is -0.493 e. The Morgan fingerprint density at radius 1 is 1.12 bits per heavy atom. The quantitative estimate of drug-likeness (QED) is 0.505. The smallest absolute Gasteiger partial charge is 0.323 e. The van der Waals surface area contributed by atoms with Crippen molar-refractivity contribution in [3.8, 4) is 11.5 Å². The molecule has 3 rings (SSSR count). The molecule has 0 atom stereocenters. The van der Waals surface area contributed by atoms with Crippen LogP contribution in [0.2, 0.25) is 0 Å². The Labute approximate surface area is 149 Å². The van der Waals surface area contributed by atoms with E-state index in [1.54, 1.807) is 24.3 Å².